The first-order valence-corrected chi connectivity index (χ1v) is 4.53. The molecule has 0 spiro atoms. The Morgan fingerprint density at radius 3 is 2.93 bits per heavy atom. The number of benzene rings is 1. The Bertz CT molecular complexity index is 541. The minimum absolute atomic E-state index is 0.463. The second kappa shape index (κ2) is 3.57. The predicted molar refractivity (Wildman–Crippen MR) is 58.9 cm³/mol. The predicted octanol–water partition coefficient (Wildman–Crippen LogP) is 2.43. The molecule has 0 aliphatic heterocycles. The zero-order valence-electron chi connectivity index (χ0n) is 8.25. The molecule has 1 aromatic heterocycles. The van der Waals surface area contributed by atoms with Crippen LogP contribution in [0.4, 0.5) is 0 Å². The Kier molecular flexibility index (Phi) is 2.25. The Morgan fingerprint density at radius 2 is 2.20 bits per heavy atom. The van der Waals surface area contributed by atoms with E-state index in [0.717, 1.165) is 22.7 Å². The van der Waals surface area contributed by atoms with E-state index in [1.165, 1.54) is 6.08 Å². The zero-order chi connectivity index (χ0) is 10.8. The van der Waals surface area contributed by atoms with Crippen LogP contribution in [-0.2, 0) is 7.05 Å². The second-order valence-corrected chi connectivity index (χ2v) is 3.35. The number of rotatable bonds is 2. The highest BCUT2D eigenvalue weighted by Gasteiger charge is 1.98. The maximum atomic E-state index is 10.2. The van der Waals surface area contributed by atoms with Crippen LogP contribution in [0.3, 0.4) is 0 Å². The smallest absolute Gasteiger partial charge is 0.235 e. The van der Waals surface area contributed by atoms with Crippen molar-refractivity contribution in [1.29, 1.82) is 0 Å². The van der Waals surface area contributed by atoms with E-state index >= 15 is 0 Å². The van der Waals surface area contributed by atoms with Gasteiger partial charge < -0.3 is 4.57 Å². The first-order chi connectivity index (χ1) is 7.16. The van der Waals surface area contributed by atoms with Gasteiger partial charge in [-0.05, 0) is 23.8 Å². The van der Waals surface area contributed by atoms with Crippen LogP contribution in [0, 0.1) is 10.1 Å². The van der Waals surface area contributed by atoms with Crippen molar-refractivity contribution in [2.24, 2.45) is 7.05 Å². The summed E-state index contributed by atoms with van der Waals surface area (Å²) in [5, 5.41) is 11.2. The van der Waals surface area contributed by atoms with Gasteiger partial charge in [-0.2, -0.15) is 0 Å². The highest BCUT2D eigenvalue weighted by Crippen LogP contribution is 2.17. The Labute approximate surface area is 86.6 Å². The van der Waals surface area contributed by atoms with Crippen molar-refractivity contribution in [3.8, 4) is 0 Å². The molecule has 0 radical (unpaired) electrons. The average molecular weight is 202 g/mol. The summed E-state index contributed by atoms with van der Waals surface area (Å²) in [5.74, 6) is 0. The second-order valence-electron chi connectivity index (χ2n) is 3.35. The summed E-state index contributed by atoms with van der Waals surface area (Å²) in [5.41, 5.74) is 1.96. The molecule has 0 saturated carbocycles. The van der Waals surface area contributed by atoms with E-state index in [1.807, 2.05) is 42.1 Å². The molecule has 1 aromatic carbocycles. The molecule has 0 aliphatic rings. The van der Waals surface area contributed by atoms with Gasteiger partial charge in [-0.3, -0.25) is 10.1 Å². The van der Waals surface area contributed by atoms with Gasteiger partial charge in [0.2, 0.25) is 6.20 Å². The lowest BCUT2D eigenvalue weighted by molar-refractivity contribution is -0.400. The molecule has 0 fully saturated rings. The first kappa shape index (κ1) is 9.45. The standard InChI is InChI=1S/C11H10N2O2/c1-12-6-5-10-8-9(2-3-11(10)12)4-7-13(14)15/h2-8H,1H3/b7-4+. The average Bonchev–Trinajstić information content (AvgIpc) is 2.57. The summed E-state index contributed by atoms with van der Waals surface area (Å²) in [4.78, 5) is 9.69. The maximum Gasteiger partial charge on any atom is 0.235 e. The van der Waals surface area contributed by atoms with E-state index in [0.29, 0.717) is 0 Å². The van der Waals surface area contributed by atoms with Crippen LogP contribution in [0.2, 0.25) is 0 Å². The van der Waals surface area contributed by atoms with E-state index in [2.05, 4.69) is 0 Å². The first-order valence-electron chi connectivity index (χ1n) is 4.53. The number of hydrogen-bond acceptors (Lipinski definition) is 2. The van der Waals surface area contributed by atoms with Gasteiger partial charge in [0.25, 0.3) is 0 Å². The van der Waals surface area contributed by atoms with Crippen molar-refractivity contribution in [3.05, 3.63) is 52.3 Å². The van der Waals surface area contributed by atoms with Crippen molar-refractivity contribution < 1.29 is 4.92 Å². The van der Waals surface area contributed by atoms with E-state index < -0.39 is 4.92 Å². The fourth-order valence-electron chi connectivity index (χ4n) is 1.55. The van der Waals surface area contributed by atoms with Crippen LogP contribution in [0.1, 0.15) is 5.56 Å². The summed E-state index contributed by atoms with van der Waals surface area (Å²) in [6, 6.07) is 7.73. The lowest BCUT2D eigenvalue weighted by atomic mass is 10.1. The molecule has 0 atom stereocenters. The largest absolute Gasteiger partial charge is 0.351 e. The molecule has 2 aromatic rings. The molecule has 2 rings (SSSR count). The molecule has 0 aliphatic carbocycles. The minimum atomic E-state index is -0.463. The molecule has 0 amide bonds. The summed E-state index contributed by atoms with van der Waals surface area (Å²) < 4.78 is 2.01. The van der Waals surface area contributed by atoms with Crippen LogP contribution in [0.25, 0.3) is 17.0 Å². The Balaban J connectivity index is 2.43. The quantitative estimate of drug-likeness (QED) is 0.554. The van der Waals surface area contributed by atoms with Gasteiger partial charge in [0.15, 0.2) is 0 Å². The Hall–Kier alpha value is -2.10. The van der Waals surface area contributed by atoms with Gasteiger partial charge in [0, 0.05) is 30.2 Å². The third-order valence-electron chi connectivity index (χ3n) is 2.30. The van der Waals surface area contributed by atoms with Gasteiger partial charge in [-0.15, -0.1) is 0 Å². The van der Waals surface area contributed by atoms with Gasteiger partial charge in [0.1, 0.15) is 0 Å². The highest BCUT2D eigenvalue weighted by molar-refractivity contribution is 5.82. The molecule has 0 bridgehead atoms. The third kappa shape index (κ3) is 1.88. The SMILES string of the molecule is Cn1ccc2cc(/C=C/[N+](=O)[O-])ccc21. The molecule has 0 saturated heterocycles. The lowest BCUT2D eigenvalue weighted by Crippen LogP contribution is -1.84. The molecule has 1 heterocycles. The number of nitro groups is 1. The lowest BCUT2D eigenvalue weighted by Gasteiger charge is -1.96. The highest BCUT2D eigenvalue weighted by atomic mass is 16.6. The molecular formula is C11H10N2O2. The minimum Gasteiger partial charge on any atom is -0.351 e. The van der Waals surface area contributed by atoms with Gasteiger partial charge in [-0.25, -0.2) is 0 Å². The van der Waals surface area contributed by atoms with Gasteiger partial charge >= 0.3 is 0 Å². The van der Waals surface area contributed by atoms with Crippen molar-refractivity contribution in [2.75, 3.05) is 0 Å². The Morgan fingerprint density at radius 1 is 1.40 bits per heavy atom. The van der Waals surface area contributed by atoms with Crippen molar-refractivity contribution in [1.82, 2.24) is 4.57 Å². The fourth-order valence-corrected chi connectivity index (χ4v) is 1.55. The zero-order valence-corrected chi connectivity index (χ0v) is 8.25. The molecule has 76 valence electrons. The third-order valence-corrected chi connectivity index (χ3v) is 2.30. The van der Waals surface area contributed by atoms with E-state index in [1.54, 1.807) is 0 Å². The molecular weight excluding hydrogens is 192 g/mol. The van der Waals surface area contributed by atoms with Crippen molar-refractivity contribution >= 4 is 17.0 Å². The summed E-state index contributed by atoms with van der Waals surface area (Å²) >= 11 is 0. The van der Waals surface area contributed by atoms with Crippen LogP contribution < -0.4 is 0 Å². The molecule has 15 heavy (non-hydrogen) atoms. The van der Waals surface area contributed by atoms with Crippen molar-refractivity contribution in [2.45, 2.75) is 0 Å². The summed E-state index contributed by atoms with van der Waals surface area (Å²) in [7, 11) is 1.97. The maximum absolute atomic E-state index is 10.2. The molecule has 0 N–H and O–H groups in total. The van der Waals surface area contributed by atoms with E-state index in [9.17, 15) is 10.1 Å². The number of aryl methyl sites for hydroxylation is 1. The fraction of sp³-hybridized carbons (Fsp3) is 0.0909. The molecule has 4 nitrogen and oxygen atoms in total. The molecule has 4 heteroatoms. The van der Waals surface area contributed by atoms with Crippen LogP contribution in [-0.4, -0.2) is 9.49 Å². The number of fused-ring (bicyclic) bond motifs is 1. The van der Waals surface area contributed by atoms with Gasteiger partial charge in [-0.1, -0.05) is 6.07 Å². The van der Waals surface area contributed by atoms with Crippen molar-refractivity contribution in [3.63, 3.8) is 0 Å². The van der Waals surface area contributed by atoms with Gasteiger partial charge in [0.05, 0.1) is 4.92 Å². The monoisotopic (exact) mass is 202 g/mol. The summed E-state index contributed by atoms with van der Waals surface area (Å²) in [6.45, 7) is 0. The van der Waals surface area contributed by atoms with E-state index in [4.69, 9.17) is 0 Å². The number of nitrogens with zero attached hydrogens (tertiary/aromatic N) is 2. The van der Waals surface area contributed by atoms with Crippen LogP contribution in [0.15, 0.2) is 36.7 Å². The topological polar surface area (TPSA) is 48.1 Å². The molecule has 0 unspecified atom stereocenters. The summed E-state index contributed by atoms with van der Waals surface area (Å²) in [6.07, 6.45) is 4.40. The number of aromatic nitrogens is 1. The number of hydrogen-bond donors (Lipinski definition) is 0. The van der Waals surface area contributed by atoms with Crippen LogP contribution in [0.5, 0.6) is 0 Å². The van der Waals surface area contributed by atoms with E-state index in [-0.39, 0.29) is 0 Å². The van der Waals surface area contributed by atoms with Crippen LogP contribution >= 0.6 is 0 Å². The normalized spacial score (nSPS) is 11.3.